The SMILES string of the molecule is CCCNC1COCC1C(=O)OC(C)C(C)C. The number of hydrogen-bond donors (Lipinski definition) is 1. The summed E-state index contributed by atoms with van der Waals surface area (Å²) < 4.78 is 10.8. The van der Waals surface area contributed by atoms with Crippen molar-refractivity contribution in [3.63, 3.8) is 0 Å². The fourth-order valence-corrected chi connectivity index (χ4v) is 1.72. The van der Waals surface area contributed by atoms with Gasteiger partial charge in [0.05, 0.1) is 19.1 Å². The van der Waals surface area contributed by atoms with Gasteiger partial charge in [0.25, 0.3) is 0 Å². The Morgan fingerprint density at radius 1 is 1.41 bits per heavy atom. The molecule has 0 aliphatic carbocycles. The molecule has 0 radical (unpaired) electrons. The molecule has 1 N–H and O–H groups in total. The van der Waals surface area contributed by atoms with Crippen LogP contribution < -0.4 is 5.32 Å². The number of ether oxygens (including phenoxy) is 2. The van der Waals surface area contributed by atoms with E-state index in [-0.39, 0.29) is 24.0 Å². The van der Waals surface area contributed by atoms with Crippen LogP contribution in [0.4, 0.5) is 0 Å². The molecule has 3 atom stereocenters. The summed E-state index contributed by atoms with van der Waals surface area (Å²) in [6, 6.07) is 0.113. The van der Waals surface area contributed by atoms with E-state index < -0.39 is 0 Å². The lowest BCUT2D eigenvalue weighted by atomic mass is 10.0. The molecule has 0 amide bonds. The number of esters is 1. The highest BCUT2D eigenvalue weighted by molar-refractivity contribution is 5.74. The van der Waals surface area contributed by atoms with Gasteiger partial charge in [0.15, 0.2) is 0 Å². The van der Waals surface area contributed by atoms with E-state index in [0.717, 1.165) is 13.0 Å². The Balaban J connectivity index is 2.44. The summed E-state index contributed by atoms with van der Waals surface area (Å²) in [5, 5.41) is 3.34. The van der Waals surface area contributed by atoms with Crippen LogP contribution in [0.1, 0.15) is 34.1 Å². The van der Waals surface area contributed by atoms with Crippen LogP contribution >= 0.6 is 0 Å². The van der Waals surface area contributed by atoms with Gasteiger partial charge in [0, 0.05) is 6.04 Å². The summed E-state index contributed by atoms with van der Waals surface area (Å²) in [6.07, 6.45) is 1.02. The van der Waals surface area contributed by atoms with Crippen molar-refractivity contribution in [3.8, 4) is 0 Å². The third-order valence-corrected chi connectivity index (χ3v) is 3.28. The minimum absolute atomic E-state index is 0.0325. The molecule has 1 heterocycles. The van der Waals surface area contributed by atoms with Gasteiger partial charge in [-0.2, -0.15) is 0 Å². The van der Waals surface area contributed by atoms with E-state index >= 15 is 0 Å². The van der Waals surface area contributed by atoms with Crippen molar-refractivity contribution >= 4 is 5.97 Å². The van der Waals surface area contributed by atoms with E-state index in [2.05, 4.69) is 26.1 Å². The second kappa shape index (κ2) is 6.97. The molecule has 4 nitrogen and oxygen atoms in total. The number of nitrogens with one attached hydrogen (secondary N) is 1. The van der Waals surface area contributed by atoms with E-state index in [0.29, 0.717) is 19.1 Å². The molecule has 0 aromatic heterocycles. The van der Waals surface area contributed by atoms with Crippen molar-refractivity contribution in [2.75, 3.05) is 19.8 Å². The molecule has 3 unspecified atom stereocenters. The summed E-state index contributed by atoms with van der Waals surface area (Å²) in [5.41, 5.74) is 0. The van der Waals surface area contributed by atoms with Gasteiger partial charge < -0.3 is 14.8 Å². The summed E-state index contributed by atoms with van der Waals surface area (Å²) in [5.74, 6) is 0.0726. The Hall–Kier alpha value is -0.610. The normalized spacial score (nSPS) is 26.2. The molecule has 0 spiro atoms. The first-order valence-corrected chi connectivity index (χ1v) is 6.57. The third-order valence-electron chi connectivity index (χ3n) is 3.28. The average Bonchev–Trinajstić information content (AvgIpc) is 2.74. The van der Waals surface area contributed by atoms with Gasteiger partial charge in [0.2, 0.25) is 0 Å². The molecule has 1 aliphatic rings. The summed E-state index contributed by atoms with van der Waals surface area (Å²) in [7, 11) is 0. The Morgan fingerprint density at radius 2 is 2.12 bits per heavy atom. The van der Waals surface area contributed by atoms with Crippen molar-refractivity contribution in [1.82, 2.24) is 5.32 Å². The van der Waals surface area contributed by atoms with Gasteiger partial charge in [-0.3, -0.25) is 4.79 Å². The van der Waals surface area contributed by atoms with Crippen molar-refractivity contribution in [3.05, 3.63) is 0 Å². The van der Waals surface area contributed by atoms with E-state index in [4.69, 9.17) is 9.47 Å². The van der Waals surface area contributed by atoms with E-state index in [1.165, 1.54) is 0 Å². The van der Waals surface area contributed by atoms with Crippen LogP contribution in [-0.4, -0.2) is 37.9 Å². The average molecular weight is 243 g/mol. The van der Waals surface area contributed by atoms with E-state index in [1.807, 2.05) is 6.92 Å². The van der Waals surface area contributed by atoms with E-state index in [9.17, 15) is 4.79 Å². The van der Waals surface area contributed by atoms with E-state index in [1.54, 1.807) is 0 Å². The molecule has 0 saturated carbocycles. The van der Waals surface area contributed by atoms with Crippen LogP contribution in [0.15, 0.2) is 0 Å². The highest BCUT2D eigenvalue weighted by Gasteiger charge is 2.35. The molecule has 1 saturated heterocycles. The molecule has 0 bridgehead atoms. The van der Waals surface area contributed by atoms with Gasteiger partial charge in [-0.25, -0.2) is 0 Å². The van der Waals surface area contributed by atoms with Crippen LogP contribution in [-0.2, 0) is 14.3 Å². The lowest BCUT2D eigenvalue weighted by molar-refractivity contribution is -0.155. The first-order chi connectivity index (χ1) is 8.06. The van der Waals surface area contributed by atoms with Crippen LogP contribution in [0.2, 0.25) is 0 Å². The van der Waals surface area contributed by atoms with Crippen molar-refractivity contribution in [1.29, 1.82) is 0 Å². The maximum Gasteiger partial charge on any atom is 0.313 e. The minimum atomic E-state index is -0.150. The third kappa shape index (κ3) is 4.28. The number of hydrogen-bond acceptors (Lipinski definition) is 4. The molecule has 17 heavy (non-hydrogen) atoms. The second-order valence-corrected chi connectivity index (χ2v) is 5.09. The zero-order valence-electron chi connectivity index (χ0n) is 11.4. The lowest BCUT2D eigenvalue weighted by Gasteiger charge is -2.22. The molecular weight excluding hydrogens is 218 g/mol. The van der Waals surface area contributed by atoms with Crippen molar-refractivity contribution < 1.29 is 14.3 Å². The van der Waals surface area contributed by atoms with Gasteiger partial charge in [-0.1, -0.05) is 20.8 Å². The molecule has 1 aliphatic heterocycles. The first-order valence-electron chi connectivity index (χ1n) is 6.57. The monoisotopic (exact) mass is 243 g/mol. The zero-order chi connectivity index (χ0) is 12.8. The second-order valence-electron chi connectivity index (χ2n) is 5.09. The maximum absolute atomic E-state index is 12.0. The number of carbonyl (C=O) groups excluding carboxylic acids is 1. The van der Waals surface area contributed by atoms with Crippen molar-refractivity contribution in [2.45, 2.75) is 46.3 Å². The largest absolute Gasteiger partial charge is 0.462 e. The van der Waals surface area contributed by atoms with Crippen LogP contribution in [0.5, 0.6) is 0 Å². The molecule has 1 fully saturated rings. The predicted octanol–water partition coefficient (Wildman–Crippen LogP) is 1.59. The van der Waals surface area contributed by atoms with Gasteiger partial charge in [0.1, 0.15) is 6.10 Å². The summed E-state index contributed by atoms with van der Waals surface area (Å²) in [4.78, 5) is 12.0. The smallest absolute Gasteiger partial charge is 0.313 e. The Morgan fingerprint density at radius 3 is 2.71 bits per heavy atom. The molecule has 0 aromatic carbocycles. The maximum atomic E-state index is 12.0. The molecular formula is C13H25NO3. The fraction of sp³-hybridized carbons (Fsp3) is 0.923. The predicted molar refractivity (Wildman–Crippen MR) is 66.8 cm³/mol. The number of carbonyl (C=O) groups is 1. The summed E-state index contributed by atoms with van der Waals surface area (Å²) in [6.45, 7) is 10.1. The highest BCUT2D eigenvalue weighted by atomic mass is 16.5. The number of rotatable bonds is 6. The standard InChI is InChI=1S/C13H25NO3/c1-5-6-14-12-8-16-7-11(12)13(15)17-10(4)9(2)3/h9-12,14H,5-8H2,1-4H3. The molecule has 4 heteroatoms. The minimum Gasteiger partial charge on any atom is -0.462 e. The fourth-order valence-electron chi connectivity index (χ4n) is 1.72. The Kier molecular flexibility index (Phi) is 5.92. The van der Waals surface area contributed by atoms with Crippen LogP contribution in [0.3, 0.4) is 0 Å². The molecule has 1 rings (SSSR count). The topological polar surface area (TPSA) is 47.6 Å². The highest BCUT2D eigenvalue weighted by Crippen LogP contribution is 2.18. The first kappa shape index (κ1) is 14.5. The van der Waals surface area contributed by atoms with Gasteiger partial charge >= 0.3 is 5.97 Å². The van der Waals surface area contributed by atoms with Gasteiger partial charge in [-0.15, -0.1) is 0 Å². The summed E-state index contributed by atoms with van der Waals surface area (Å²) >= 11 is 0. The zero-order valence-corrected chi connectivity index (χ0v) is 11.4. The van der Waals surface area contributed by atoms with Crippen molar-refractivity contribution in [2.24, 2.45) is 11.8 Å². The van der Waals surface area contributed by atoms with Gasteiger partial charge in [-0.05, 0) is 25.8 Å². The Bertz CT molecular complexity index is 243. The molecule has 0 aromatic rings. The van der Waals surface area contributed by atoms with Crippen LogP contribution in [0, 0.1) is 11.8 Å². The Labute approximate surface area is 104 Å². The quantitative estimate of drug-likeness (QED) is 0.720. The van der Waals surface area contributed by atoms with Crippen LogP contribution in [0.25, 0.3) is 0 Å². The molecule has 100 valence electrons. The lowest BCUT2D eigenvalue weighted by Crippen LogP contribution is -2.41.